The molecule has 0 aliphatic carbocycles. The Kier molecular flexibility index (Phi) is 5.78. The van der Waals surface area contributed by atoms with Crippen LogP contribution in [0.1, 0.15) is 30.9 Å². The zero-order chi connectivity index (χ0) is 22.0. The van der Waals surface area contributed by atoms with Crippen molar-refractivity contribution in [3.8, 4) is 27.7 Å². The number of benzene rings is 3. The van der Waals surface area contributed by atoms with Gasteiger partial charge in [-0.2, -0.15) is 0 Å². The third-order valence-electron chi connectivity index (χ3n) is 4.96. The summed E-state index contributed by atoms with van der Waals surface area (Å²) in [6.45, 7) is 4.33. The molecule has 2 N–H and O–H groups in total. The van der Waals surface area contributed by atoms with E-state index in [-0.39, 0.29) is 5.75 Å². The van der Waals surface area contributed by atoms with Gasteiger partial charge >= 0.3 is 5.97 Å². The van der Waals surface area contributed by atoms with Crippen LogP contribution in [0.25, 0.3) is 26.6 Å². The summed E-state index contributed by atoms with van der Waals surface area (Å²) in [5, 5.41) is 19.7. The minimum absolute atomic E-state index is 0.220. The Labute approximate surface area is 184 Å². The summed E-state index contributed by atoms with van der Waals surface area (Å²) in [5.41, 5.74) is 3.10. The first-order chi connectivity index (χ1) is 14.9. The second kappa shape index (κ2) is 8.66. The molecule has 0 saturated carbocycles. The molecule has 0 aliphatic heterocycles. The van der Waals surface area contributed by atoms with Crippen molar-refractivity contribution in [2.24, 2.45) is 0 Å². The highest BCUT2D eigenvalue weighted by molar-refractivity contribution is 7.22. The summed E-state index contributed by atoms with van der Waals surface area (Å²) >= 11 is 1.58. The molecular weight excluding hydrogens is 408 g/mol. The summed E-state index contributed by atoms with van der Waals surface area (Å²) in [4.78, 5) is 11.7. The van der Waals surface area contributed by atoms with Crippen molar-refractivity contribution < 1.29 is 19.7 Å². The maximum Gasteiger partial charge on any atom is 0.328 e. The van der Waals surface area contributed by atoms with Gasteiger partial charge in [-0.05, 0) is 65.1 Å². The van der Waals surface area contributed by atoms with Crippen LogP contribution in [-0.2, 0) is 4.79 Å². The third kappa shape index (κ3) is 4.62. The molecule has 1 heterocycles. The van der Waals surface area contributed by atoms with E-state index in [4.69, 9.17) is 9.84 Å². The van der Waals surface area contributed by atoms with E-state index in [1.165, 1.54) is 11.6 Å². The molecule has 0 bridgehead atoms. The van der Waals surface area contributed by atoms with E-state index in [1.54, 1.807) is 23.5 Å². The van der Waals surface area contributed by atoms with Gasteiger partial charge in [0.25, 0.3) is 0 Å². The average molecular weight is 431 g/mol. The number of fused-ring (bicyclic) bond motifs is 1. The molecule has 156 valence electrons. The molecule has 0 amide bonds. The maximum atomic E-state index is 10.7. The second-order valence-electron chi connectivity index (χ2n) is 7.56. The van der Waals surface area contributed by atoms with Gasteiger partial charge < -0.3 is 14.9 Å². The van der Waals surface area contributed by atoms with Crippen molar-refractivity contribution in [2.45, 2.75) is 19.8 Å². The number of ether oxygens (including phenoxy) is 1. The molecule has 0 fully saturated rings. The van der Waals surface area contributed by atoms with Crippen molar-refractivity contribution >= 4 is 33.5 Å². The summed E-state index contributed by atoms with van der Waals surface area (Å²) in [6, 6.07) is 21.0. The Balaban J connectivity index is 1.77. The molecular formula is C26H22O4S. The lowest BCUT2D eigenvalue weighted by molar-refractivity contribution is -0.131. The van der Waals surface area contributed by atoms with E-state index < -0.39 is 5.97 Å². The Bertz CT molecular complexity index is 1270. The van der Waals surface area contributed by atoms with Gasteiger partial charge in [-0.15, -0.1) is 11.3 Å². The zero-order valence-corrected chi connectivity index (χ0v) is 18.0. The van der Waals surface area contributed by atoms with Crippen LogP contribution in [0, 0.1) is 0 Å². The second-order valence-corrected chi connectivity index (χ2v) is 8.62. The Morgan fingerprint density at radius 3 is 2.52 bits per heavy atom. The first-order valence-electron chi connectivity index (χ1n) is 9.95. The molecule has 4 rings (SSSR count). The van der Waals surface area contributed by atoms with Crippen LogP contribution in [0.5, 0.6) is 17.2 Å². The van der Waals surface area contributed by atoms with Gasteiger partial charge in [0.1, 0.15) is 11.5 Å². The van der Waals surface area contributed by atoms with E-state index >= 15 is 0 Å². The van der Waals surface area contributed by atoms with Crippen LogP contribution < -0.4 is 4.74 Å². The van der Waals surface area contributed by atoms with Gasteiger partial charge in [0.2, 0.25) is 0 Å². The number of rotatable bonds is 6. The zero-order valence-electron chi connectivity index (χ0n) is 17.2. The summed E-state index contributed by atoms with van der Waals surface area (Å²) in [5.74, 6) is 1.05. The SMILES string of the molecule is CC(C)c1cccc(-c2sc3cc(O)ccc3c2Oc2ccc(C=CC(=O)O)cc2)c1. The normalized spacial score (nSPS) is 11.5. The highest BCUT2D eigenvalue weighted by Gasteiger charge is 2.17. The fourth-order valence-electron chi connectivity index (χ4n) is 3.32. The highest BCUT2D eigenvalue weighted by atomic mass is 32.1. The smallest absolute Gasteiger partial charge is 0.328 e. The number of phenolic OH excluding ortho intramolecular Hbond substituents is 1. The van der Waals surface area contributed by atoms with Crippen molar-refractivity contribution in [1.29, 1.82) is 0 Å². The minimum Gasteiger partial charge on any atom is -0.508 e. The maximum absolute atomic E-state index is 10.7. The fraction of sp³-hybridized carbons (Fsp3) is 0.115. The first-order valence-corrected chi connectivity index (χ1v) is 10.8. The predicted molar refractivity (Wildman–Crippen MR) is 126 cm³/mol. The average Bonchev–Trinajstić information content (AvgIpc) is 3.10. The van der Waals surface area contributed by atoms with Crippen molar-refractivity contribution in [2.75, 3.05) is 0 Å². The van der Waals surface area contributed by atoms with E-state index in [0.717, 1.165) is 37.9 Å². The summed E-state index contributed by atoms with van der Waals surface area (Å²) < 4.78 is 7.27. The number of carboxylic acids is 1. The highest BCUT2D eigenvalue weighted by Crippen LogP contribution is 2.47. The van der Waals surface area contributed by atoms with Crippen LogP contribution in [0.4, 0.5) is 0 Å². The van der Waals surface area contributed by atoms with E-state index in [0.29, 0.717) is 11.7 Å². The number of carbonyl (C=O) groups is 1. The lowest BCUT2D eigenvalue weighted by Gasteiger charge is -2.11. The van der Waals surface area contributed by atoms with Gasteiger partial charge in [0, 0.05) is 16.2 Å². The Morgan fingerprint density at radius 2 is 1.81 bits per heavy atom. The van der Waals surface area contributed by atoms with Crippen LogP contribution >= 0.6 is 11.3 Å². The molecule has 4 aromatic rings. The van der Waals surface area contributed by atoms with Crippen LogP contribution in [0.2, 0.25) is 0 Å². The molecule has 0 spiro atoms. The van der Waals surface area contributed by atoms with Crippen LogP contribution in [0.3, 0.4) is 0 Å². The molecule has 31 heavy (non-hydrogen) atoms. The van der Waals surface area contributed by atoms with Gasteiger partial charge in [0.05, 0.1) is 4.88 Å². The number of aliphatic carboxylic acids is 1. The quantitative estimate of drug-likeness (QED) is 0.315. The van der Waals surface area contributed by atoms with Gasteiger partial charge in [0.15, 0.2) is 5.75 Å². The largest absolute Gasteiger partial charge is 0.508 e. The number of aromatic hydroxyl groups is 1. The van der Waals surface area contributed by atoms with Gasteiger partial charge in [-0.3, -0.25) is 0 Å². The Hall–Kier alpha value is -3.57. The lowest BCUT2D eigenvalue weighted by Crippen LogP contribution is -1.89. The van der Waals surface area contributed by atoms with Crippen LogP contribution in [-0.4, -0.2) is 16.2 Å². The van der Waals surface area contributed by atoms with Gasteiger partial charge in [-0.25, -0.2) is 4.79 Å². The number of hydrogen-bond acceptors (Lipinski definition) is 4. The van der Waals surface area contributed by atoms with Crippen LogP contribution in [0.15, 0.2) is 72.8 Å². The fourth-order valence-corrected chi connectivity index (χ4v) is 4.48. The summed E-state index contributed by atoms with van der Waals surface area (Å²) in [7, 11) is 0. The molecule has 0 atom stereocenters. The molecule has 5 heteroatoms. The molecule has 0 saturated heterocycles. The first kappa shape index (κ1) is 20.7. The van der Waals surface area contributed by atoms with E-state index in [1.807, 2.05) is 30.3 Å². The number of hydrogen-bond donors (Lipinski definition) is 2. The molecule has 0 unspecified atom stereocenters. The molecule has 0 aliphatic rings. The monoisotopic (exact) mass is 430 g/mol. The number of phenols is 1. The topological polar surface area (TPSA) is 66.8 Å². The number of thiophene rings is 1. The van der Waals surface area contributed by atoms with Crippen molar-refractivity contribution in [3.05, 3.63) is 83.9 Å². The molecule has 1 aromatic heterocycles. The molecule has 3 aromatic carbocycles. The third-order valence-corrected chi connectivity index (χ3v) is 6.14. The molecule has 4 nitrogen and oxygen atoms in total. The van der Waals surface area contributed by atoms with E-state index in [9.17, 15) is 9.90 Å². The van der Waals surface area contributed by atoms with Crippen molar-refractivity contribution in [3.63, 3.8) is 0 Å². The summed E-state index contributed by atoms with van der Waals surface area (Å²) in [6.07, 6.45) is 2.65. The molecule has 0 radical (unpaired) electrons. The standard InChI is InChI=1S/C26H22O4S/c1-16(2)18-4-3-5-19(14-18)26-25(22-12-9-20(27)15-23(22)31-26)30-21-10-6-17(7-11-21)8-13-24(28)29/h3-16,27H,1-2H3,(H,28,29). The predicted octanol–water partition coefficient (Wildman–Crippen LogP) is 7.29. The minimum atomic E-state index is -0.985. The van der Waals surface area contributed by atoms with Crippen molar-refractivity contribution in [1.82, 2.24) is 0 Å². The lowest BCUT2D eigenvalue weighted by atomic mass is 10.00. The van der Waals surface area contributed by atoms with Gasteiger partial charge in [-0.1, -0.05) is 44.2 Å². The Morgan fingerprint density at radius 1 is 1.03 bits per heavy atom. The number of carboxylic acid groups (broad SMARTS) is 1. The van der Waals surface area contributed by atoms with E-state index in [2.05, 4.69) is 38.1 Å².